The van der Waals surface area contributed by atoms with Gasteiger partial charge in [0.15, 0.2) is 5.43 Å². The van der Waals surface area contributed by atoms with Crippen LogP contribution in [0.5, 0.6) is 0 Å². The zero-order chi connectivity index (χ0) is 13.4. The Hall–Kier alpha value is -2.27. The van der Waals surface area contributed by atoms with E-state index in [2.05, 4.69) is 4.99 Å². The van der Waals surface area contributed by atoms with E-state index in [-0.39, 0.29) is 5.43 Å². The first-order chi connectivity index (χ1) is 9.16. The highest BCUT2D eigenvalue weighted by Crippen LogP contribution is 2.27. The van der Waals surface area contributed by atoms with Crippen molar-refractivity contribution < 1.29 is 9.90 Å². The topological polar surface area (TPSA) is 66.7 Å². The van der Waals surface area contributed by atoms with Gasteiger partial charge in [-0.1, -0.05) is 24.3 Å². The molecule has 0 saturated carbocycles. The predicted octanol–water partition coefficient (Wildman–Crippen LogP) is 3.15. The van der Waals surface area contributed by atoms with Crippen molar-refractivity contribution in [1.29, 1.82) is 0 Å². The summed E-state index contributed by atoms with van der Waals surface area (Å²) in [5, 5.41) is 9.45. The van der Waals surface area contributed by atoms with Crippen LogP contribution in [0, 0.1) is 0 Å². The molecule has 2 aromatic rings. The number of hydrogen-bond acceptors (Lipinski definition) is 3. The summed E-state index contributed by atoms with van der Waals surface area (Å²) in [7, 11) is 0. The molecule has 0 radical (unpaired) electrons. The predicted molar refractivity (Wildman–Crippen MR) is 76.3 cm³/mol. The lowest BCUT2D eigenvalue weighted by Gasteiger charge is -2.12. The number of fused-ring (bicyclic) bond motifs is 2. The van der Waals surface area contributed by atoms with E-state index in [1.165, 1.54) is 11.3 Å². The minimum Gasteiger partial charge on any atom is -0.463 e. The van der Waals surface area contributed by atoms with Gasteiger partial charge in [-0.05, 0) is 12.1 Å². The number of carbonyl (C=O) groups is 1. The highest BCUT2D eigenvalue weighted by Gasteiger charge is 2.18. The zero-order valence-electron chi connectivity index (χ0n) is 9.79. The van der Waals surface area contributed by atoms with Crippen LogP contribution in [0.1, 0.15) is 16.9 Å². The van der Waals surface area contributed by atoms with Crippen LogP contribution in [0.4, 0.5) is 4.79 Å². The van der Waals surface area contributed by atoms with Crippen LogP contribution >= 0.6 is 11.3 Å². The molecule has 0 bridgehead atoms. The summed E-state index contributed by atoms with van der Waals surface area (Å²) in [6, 6.07) is 7.32. The van der Waals surface area contributed by atoms with Crippen LogP contribution < -0.4 is 5.43 Å². The largest absolute Gasteiger partial charge is 0.463 e. The molecule has 1 aromatic carbocycles. The fourth-order valence-corrected chi connectivity index (χ4v) is 3.27. The van der Waals surface area contributed by atoms with Crippen LogP contribution in [-0.2, 0) is 0 Å². The normalized spacial score (nSPS) is 15.7. The van der Waals surface area contributed by atoms with Crippen molar-refractivity contribution in [1.82, 2.24) is 0 Å². The second kappa shape index (κ2) is 4.44. The van der Waals surface area contributed by atoms with Gasteiger partial charge in [0.25, 0.3) is 0 Å². The van der Waals surface area contributed by atoms with E-state index in [4.69, 9.17) is 5.11 Å². The molecule has 1 aliphatic rings. The first-order valence-electron chi connectivity index (χ1n) is 5.70. The molecular weight excluding hydrogens is 262 g/mol. The average molecular weight is 271 g/mol. The molecule has 1 heterocycles. The third-order valence-electron chi connectivity index (χ3n) is 2.92. The Morgan fingerprint density at radius 1 is 1.32 bits per heavy atom. The van der Waals surface area contributed by atoms with Gasteiger partial charge in [0.2, 0.25) is 0 Å². The SMILES string of the molecule is O=C(O)N=C1CC=Cc2c1sc1ccccc1c2=O. The number of rotatable bonds is 0. The molecule has 4 nitrogen and oxygen atoms in total. The van der Waals surface area contributed by atoms with Crippen LogP contribution in [-0.4, -0.2) is 16.9 Å². The molecule has 5 heteroatoms. The molecule has 3 rings (SSSR count). The van der Waals surface area contributed by atoms with Crippen molar-refractivity contribution in [2.45, 2.75) is 6.42 Å². The van der Waals surface area contributed by atoms with E-state index in [9.17, 15) is 9.59 Å². The van der Waals surface area contributed by atoms with E-state index < -0.39 is 6.09 Å². The summed E-state index contributed by atoms with van der Waals surface area (Å²) in [4.78, 5) is 27.3. The quantitative estimate of drug-likeness (QED) is 0.800. The van der Waals surface area contributed by atoms with Crippen LogP contribution in [0.3, 0.4) is 0 Å². The van der Waals surface area contributed by atoms with Gasteiger partial charge >= 0.3 is 6.09 Å². The summed E-state index contributed by atoms with van der Waals surface area (Å²) in [5.41, 5.74) is 0.909. The molecule has 0 atom stereocenters. The molecule has 0 unspecified atom stereocenters. The molecule has 0 spiro atoms. The maximum atomic E-state index is 12.4. The Bertz CT molecular complexity index is 802. The zero-order valence-corrected chi connectivity index (χ0v) is 10.6. The lowest BCUT2D eigenvalue weighted by molar-refractivity contribution is 0.205. The number of aliphatic imine (C=N–C) groups is 1. The summed E-state index contributed by atoms with van der Waals surface area (Å²) >= 11 is 1.41. The van der Waals surface area contributed by atoms with Gasteiger partial charge in [0, 0.05) is 22.1 Å². The molecule has 1 aromatic heterocycles. The van der Waals surface area contributed by atoms with Crippen molar-refractivity contribution in [2.24, 2.45) is 4.99 Å². The van der Waals surface area contributed by atoms with E-state index in [0.29, 0.717) is 28.0 Å². The Morgan fingerprint density at radius 2 is 2.11 bits per heavy atom. The van der Waals surface area contributed by atoms with Crippen LogP contribution in [0.2, 0.25) is 0 Å². The Morgan fingerprint density at radius 3 is 2.89 bits per heavy atom. The molecule has 94 valence electrons. The number of benzene rings is 1. The van der Waals surface area contributed by atoms with Crippen molar-refractivity contribution in [3.8, 4) is 0 Å². The fourth-order valence-electron chi connectivity index (χ4n) is 2.12. The average Bonchev–Trinajstić information content (AvgIpc) is 2.40. The van der Waals surface area contributed by atoms with Gasteiger partial charge in [0.05, 0.1) is 10.6 Å². The molecule has 0 saturated heterocycles. The smallest absolute Gasteiger partial charge is 0.431 e. The molecule has 0 fully saturated rings. The number of nitrogens with zero attached hydrogens (tertiary/aromatic N) is 1. The molecule has 0 aliphatic heterocycles. The first-order valence-corrected chi connectivity index (χ1v) is 6.51. The second-order valence-electron chi connectivity index (χ2n) is 4.12. The maximum Gasteiger partial charge on any atom is 0.431 e. The third kappa shape index (κ3) is 1.98. The van der Waals surface area contributed by atoms with Crippen molar-refractivity contribution in [3.63, 3.8) is 0 Å². The lowest BCUT2D eigenvalue weighted by Crippen LogP contribution is -2.15. The second-order valence-corrected chi connectivity index (χ2v) is 5.17. The van der Waals surface area contributed by atoms with Crippen molar-refractivity contribution >= 4 is 39.3 Å². The fraction of sp³-hybridized carbons (Fsp3) is 0.0714. The van der Waals surface area contributed by atoms with Gasteiger partial charge in [-0.15, -0.1) is 11.3 Å². The van der Waals surface area contributed by atoms with Gasteiger partial charge in [-0.3, -0.25) is 4.79 Å². The van der Waals surface area contributed by atoms with E-state index in [0.717, 1.165) is 4.70 Å². The molecule has 19 heavy (non-hydrogen) atoms. The van der Waals surface area contributed by atoms with E-state index in [1.807, 2.05) is 18.2 Å². The molecule has 1 N–H and O–H groups in total. The van der Waals surface area contributed by atoms with Crippen LogP contribution in [0.15, 0.2) is 40.1 Å². The van der Waals surface area contributed by atoms with Crippen molar-refractivity contribution in [3.05, 3.63) is 51.0 Å². The molecular formula is C14H9NO3S. The highest BCUT2D eigenvalue weighted by molar-refractivity contribution is 7.20. The lowest BCUT2D eigenvalue weighted by atomic mass is 10.0. The first kappa shape index (κ1) is 11.8. The van der Waals surface area contributed by atoms with Gasteiger partial charge in [0.1, 0.15) is 0 Å². The van der Waals surface area contributed by atoms with E-state index in [1.54, 1.807) is 18.2 Å². The molecule has 1 aliphatic carbocycles. The summed E-state index contributed by atoms with van der Waals surface area (Å²) < 4.78 is 0.847. The summed E-state index contributed by atoms with van der Waals surface area (Å²) in [6.07, 6.45) is 2.73. The van der Waals surface area contributed by atoms with Gasteiger partial charge in [-0.25, -0.2) is 4.79 Å². The maximum absolute atomic E-state index is 12.4. The van der Waals surface area contributed by atoms with Gasteiger partial charge in [-0.2, -0.15) is 4.99 Å². The Kier molecular flexibility index (Phi) is 2.76. The Balaban J connectivity index is 2.38. The molecule has 1 amide bonds. The monoisotopic (exact) mass is 271 g/mol. The Labute approximate surface area is 112 Å². The van der Waals surface area contributed by atoms with Crippen LogP contribution in [0.25, 0.3) is 16.2 Å². The minimum absolute atomic E-state index is 0.0709. The van der Waals surface area contributed by atoms with Gasteiger partial charge < -0.3 is 5.11 Å². The third-order valence-corrected chi connectivity index (χ3v) is 4.16. The highest BCUT2D eigenvalue weighted by atomic mass is 32.1. The summed E-state index contributed by atoms with van der Waals surface area (Å²) in [6.45, 7) is 0. The number of carboxylic acid groups (broad SMARTS) is 1. The van der Waals surface area contributed by atoms with E-state index >= 15 is 0 Å². The summed E-state index contributed by atoms with van der Waals surface area (Å²) in [5.74, 6) is 0. The standard InChI is InChI=1S/C14H9NO3S/c16-12-8-4-1-2-7-11(8)19-13-9(12)5-3-6-10(13)15-14(17)18/h1-5,7H,6H2,(H,17,18). The number of allylic oxidation sites excluding steroid dienone is 1. The van der Waals surface area contributed by atoms with Crippen molar-refractivity contribution in [2.75, 3.05) is 0 Å². The minimum atomic E-state index is -1.23. The number of hydrogen-bond donors (Lipinski definition) is 1. The number of amides is 1.